The van der Waals surface area contributed by atoms with Crippen LogP contribution >= 0.6 is 11.3 Å². The van der Waals surface area contributed by atoms with Crippen LogP contribution in [0.4, 0.5) is 0 Å². The Kier molecular flexibility index (Phi) is 3.45. The quantitative estimate of drug-likeness (QED) is 0.762. The highest BCUT2D eigenvalue weighted by Gasteiger charge is 2.07. The van der Waals surface area contributed by atoms with E-state index in [1.165, 1.54) is 10.4 Å². The third kappa shape index (κ3) is 2.82. The first-order valence-corrected chi connectivity index (χ1v) is 5.05. The largest absolute Gasteiger partial charge is 0.350 e. The second kappa shape index (κ2) is 4.39. The van der Waals surface area contributed by atoms with Crippen molar-refractivity contribution in [1.82, 2.24) is 5.32 Å². The lowest BCUT2D eigenvalue weighted by atomic mass is 10.3. The SMILES string of the molecule is Cc1ccsc1CNC(=O)[C@@H](C)N. The van der Waals surface area contributed by atoms with Crippen LogP contribution in [0.3, 0.4) is 0 Å². The zero-order valence-electron chi connectivity index (χ0n) is 7.83. The van der Waals surface area contributed by atoms with Crippen LogP contribution in [-0.2, 0) is 11.3 Å². The molecule has 0 bridgehead atoms. The van der Waals surface area contributed by atoms with Gasteiger partial charge in [-0.3, -0.25) is 4.79 Å². The lowest BCUT2D eigenvalue weighted by Crippen LogP contribution is -2.37. The summed E-state index contributed by atoms with van der Waals surface area (Å²) in [6.07, 6.45) is 0. The normalized spacial score (nSPS) is 12.5. The monoisotopic (exact) mass is 198 g/mol. The lowest BCUT2D eigenvalue weighted by molar-refractivity contribution is -0.122. The lowest BCUT2D eigenvalue weighted by Gasteiger charge is -2.06. The molecule has 1 heterocycles. The van der Waals surface area contributed by atoms with Gasteiger partial charge in [0.1, 0.15) is 0 Å². The van der Waals surface area contributed by atoms with Gasteiger partial charge in [-0.05, 0) is 30.9 Å². The van der Waals surface area contributed by atoms with Gasteiger partial charge in [0.05, 0.1) is 12.6 Å². The second-order valence-electron chi connectivity index (χ2n) is 3.03. The van der Waals surface area contributed by atoms with E-state index < -0.39 is 6.04 Å². The van der Waals surface area contributed by atoms with E-state index in [9.17, 15) is 4.79 Å². The molecule has 1 amide bonds. The summed E-state index contributed by atoms with van der Waals surface area (Å²) < 4.78 is 0. The smallest absolute Gasteiger partial charge is 0.236 e. The van der Waals surface area contributed by atoms with Crippen molar-refractivity contribution in [2.24, 2.45) is 5.73 Å². The summed E-state index contributed by atoms with van der Waals surface area (Å²) in [4.78, 5) is 12.3. The first kappa shape index (κ1) is 10.2. The van der Waals surface area contributed by atoms with E-state index in [1.807, 2.05) is 18.4 Å². The van der Waals surface area contributed by atoms with Crippen LogP contribution in [0.15, 0.2) is 11.4 Å². The molecule has 72 valence electrons. The topological polar surface area (TPSA) is 55.1 Å². The van der Waals surface area contributed by atoms with Gasteiger partial charge in [-0.2, -0.15) is 0 Å². The Morgan fingerprint density at radius 3 is 2.92 bits per heavy atom. The Balaban J connectivity index is 2.44. The molecule has 0 radical (unpaired) electrons. The fraction of sp³-hybridized carbons (Fsp3) is 0.444. The molecule has 1 aromatic rings. The van der Waals surface area contributed by atoms with Gasteiger partial charge in [-0.15, -0.1) is 11.3 Å². The molecule has 0 aliphatic carbocycles. The summed E-state index contributed by atoms with van der Waals surface area (Å²) in [5.74, 6) is -0.104. The predicted molar refractivity (Wildman–Crippen MR) is 54.6 cm³/mol. The van der Waals surface area contributed by atoms with Crippen LogP contribution in [-0.4, -0.2) is 11.9 Å². The van der Waals surface area contributed by atoms with Crippen molar-refractivity contribution in [1.29, 1.82) is 0 Å². The summed E-state index contributed by atoms with van der Waals surface area (Å²) in [6, 6.07) is 1.61. The Morgan fingerprint density at radius 1 is 1.77 bits per heavy atom. The van der Waals surface area contributed by atoms with Crippen molar-refractivity contribution in [2.75, 3.05) is 0 Å². The number of aryl methyl sites for hydroxylation is 1. The molecule has 13 heavy (non-hydrogen) atoms. The molecule has 0 aromatic carbocycles. The van der Waals surface area contributed by atoms with Gasteiger partial charge in [0.25, 0.3) is 0 Å². The van der Waals surface area contributed by atoms with Gasteiger partial charge in [0.2, 0.25) is 5.91 Å². The molecule has 0 unspecified atom stereocenters. The molecular formula is C9H14N2OS. The van der Waals surface area contributed by atoms with Crippen LogP contribution in [0.25, 0.3) is 0 Å². The average molecular weight is 198 g/mol. The van der Waals surface area contributed by atoms with Crippen LogP contribution in [0, 0.1) is 6.92 Å². The van der Waals surface area contributed by atoms with E-state index in [0.29, 0.717) is 6.54 Å². The molecule has 0 saturated heterocycles. The maximum Gasteiger partial charge on any atom is 0.236 e. The molecule has 1 atom stereocenters. The van der Waals surface area contributed by atoms with Crippen molar-refractivity contribution in [2.45, 2.75) is 26.4 Å². The number of hydrogen-bond donors (Lipinski definition) is 2. The number of carbonyl (C=O) groups excluding carboxylic acids is 1. The summed E-state index contributed by atoms with van der Waals surface area (Å²) in [5, 5.41) is 4.79. The summed E-state index contributed by atoms with van der Waals surface area (Å²) >= 11 is 1.65. The fourth-order valence-electron chi connectivity index (χ4n) is 0.914. The van der Waals surface area contributed by atoms with E-state index >= 15 is 0 Å². The molecular weight excluding hydrogens is 184 g/mol. The highest BCUT2D eigenvalue weighted by molar-refractivity contribution is 7.10. The van der Waals surface area contributed by atoms with Crippen LogP contribution < -0.4 is 11.1 Å². The zero-order valence-corrected chi connectivity index (χ0v) is 8.65. The molecule has 3 N–H and O–H groups in total. The van der Waals surface area contributed by atoms with Gasteiger partial charge in [-0.1, -0.05) is 0 Å². The Hall–Kier alpha value is -0.870. The highest BCUT2D eigenvalue weighted by atomic mass is 32.1. The van der Waals surface area contributed by atoms with Crippen molar-refractivity contribution in [3.63, 3.8) is 0 Å². The number of rotatable bonds is 3. The Bertz CT molecular complexity index is 294. The van der Waals surface area contributed by atoms with Gasteiger partial charge in [-0.25, -0.2) is 0 Å². The van der Waals surface area contributed by atoms with Crippen LogP contribution in [0.2, 0.25) is 0 Å². The summed E-state index contributed by atoms with van der Waals surface area (Å²) in [5.41, 5.74) is 6.62. The minimum absolute atomic E-state index is 0.104. The van der Waals surface area contributed by atoms with Crippen molar-refractivity contribution >= 4 is 17.2 Å². The van der Waals surface area contributed by atoms with Gasteiger partial charge < -0.3 is 11.1 Å². The van der Waals surface area contributed by atoms with Crippen LogP contribution in [0.1, 0.15) is 17.4 Å². The predicted octanol–water partition coefficient (Wildman–Crippen LogP) is 1.02. The molecule has 0 fully saturated rings. The fourth-order valence-corrected chi connectivity index (χ4v) is 1.76. The van der Waals surface area contributed by atoms with Crippen LogP contribution in [0.5, 0.6) is 0 Å². The maximum absolute atomic E-state index is 11.1. The van der Waals surface area contributed by atoms with E-state index in [0.717, 1.165) is 0 Å². The minimum Gasteiger partial charge on any atom is -0.350 e. The molecule has 0 aliphatic rings. The number of nitrogens with one attached hydrogen (secondary N) is 1. The first-order chi connectivity index (χ1) is 6.11. The molecule has 0 aliphatic heterocycles. The third-order valence-electron chi connectivity index (χ3n) is 1.80. The number of carbonyl (C=O) groups is 1. The summed E-state index contributed by atoms with van der Waals surface area (Å²) in [6.45, 7) is 4.30. The van der Waals surface area contributed by atoms with Crippen molar-refractivity contribution in [3.8, 4) is 0 Å². The molecule has 4 heteroatoms. The molecule has 0 spiro atoms. The average Bonchev–Trinajstić information content (AvgIpc) is 2.47. The van der Waals surface area contributed by atoms with Crippen molar-refractivity contribution < 1.29 is 4.79 Å². The molecule has 0 saturated carbocycles. The third-order valence-corrected chi connectivity index (χ3v) is 2.83. The van der Waals surface area contributed by atoms with E-state index in [-0.39, 0.29) is 5.91 Å². The van der Waals surface area contributed by atoms with E-state index in [4.69, 9.17) is 5.73 Å². The summed E-state index contributed by atoms with van der Waals surface area (Å²) in [7, 11) is 0. The number of thiophene rings is 1. The second-order valence-corrected chi connectivity index (χ2v) is 4.03. The number of hydrogen-bond acceptors (Lipinski definition) is 3. The Morgan fingerprint density at radius 2 is 2.46 bits per heavy atom. The first-order valence-electron chi connectivity index (χ1n) is 4.17. The standard InChI is InChI=1S/C9H14N2OS/c1-6-3-4-13-8(6)5-11-9(12)7(2)10/h3-4,7H,5,10H2,1-2H3,(H,11,12)/t7-/m1/s1. The van der Waals surface area contributed by atoms with Crippen molar-refractivity contribution in [3.05, 3.63) is 21.9 Å². The van der Waals surface area contributed by atoms with Gasteiger partial charge in [0, 0.05) is 4.88 Å². The van der Waals surface area contributed by atoms with Gasteiger partial charge in [0.15, 0.2) is 0 Å². The molecule has 1 rings (SSSR count). The minimum atomic E-state index is -0.430. The van der Waals surface area contributed by atoms with Gasteiger partial charge >= 0.3 is 0 Å². The molecule has 1 aromatic heterocycles. The Labute approximate surface area is 81.9 Å². The highest BCUT2D eigenvalue weighted by Crippen LogP contribution is 2.14. The van der Waals surface area contributed by atoms with E-state index in [2.05, 4.69) is 5.32 Å². The number of nitrogens with two attached hydrogens (primary N) is 1. The maximum atomic E-state index is 11.1. The molecule has 3 nitrogen and oxygen atoms in total. The number of amides is 1. The van der Waals surface area contributed by atoms with E-state index in [1.54, 1.807) is 18.3 Å². The zero-order chi connectivity index (χ0) is 9.84.